The standard InChI is InChI=1S/C17H24FN3O3/c1-12-19-20-16(24-12)10-21(17(2,3)4)9-14(22)11-23-15-7-5-13(18)6-8-15/h5-8,14,22H,9-11H2,1-4H3. The van der Waals surface area contributed by atoms with Crippen LogP contribution in [0.15, 0.2) is 28.7 Å². The van der Waals surface area contributed by atoms with Gasteiger partial charge < -0.3 is 14.3 Å². The lowest BCUT2D eigenvalue weighted by Gasteiger charge is -2.35. The summed E-state index contributed by atoms with van der Waals surface area (Å²) >= 11 is 0. The summed E-state index contributed by atoms with van der Waals surface area (Å²) in [4.78, 5) is 2.04. The lowest BCUT2D eigenvalue weighted by atomic mass is 10.1. The van der Waals surface area contributed by atoms with Crippen molar-refractivity contribution >= 4 is 0 Å². The number of aromatic nitrogens is 2. The first-order valence-electron chi connectivity index (χ1n) is 7.84. The number of nitrogens with zero attached hydrogens (tertiary/aromatic N) is 3. The number of halogens is 1. The third-order valence-corrected chi connectivity index (χ3v) is 3.53. The van der Waals surface area contributed by atoms with E-state index in [1.165, 1.54) is 24.3 Å². The van der Waals surface area contributed by atoms with E-state index in [4.69, 9.17) is 9.15 Å². The van der Waals surface area contributed by atoms with Crippen molar-refractivity contribution in [3.63, 3.8) is 0 Å². The molecule has 1 atom stereocenters. The summed E-state index contributed by atoms with van der Waals surface area (Å²) in [5.41, 5.74) is -0.195. The molecule has 2 rings (SSSR count). The molecule has 0 saturated carbocycles. The SMILES string of the molecule is Cc1nnc(CN(CC(O)COc2ccc(F)cc2)C(C)(C)C)o1. The highest BCUT2D eigenvalue weighted by molar-refractivity contribution is 5.22. The molecule has 1 heterocycles. The van der Waals surface area contributed by atoms with Crippen LogP contribution in [0.5, 0.6) is 5.75 Å². The van der Waals surface area contributed by atoms with Gasteiger partial charge in [0.05, 0.1) is 6.54 Å². The molecule has 0 saturated heterocycles. The number of aliphatic hydroxyl groups is 1. The molecule has 0 aliphatic rings. The summed E-state index contributed by atoms with van der Waals surface area (Å²) in [5, 5.41) is 18.1. The van der Waals surface area contributed by atoms with E-state index in [1.54, 1.807) is 6.92 Å². The van der Waals surface area contributed by atoms with Gasteiger partial charge in [-0.1, -0.05) is 0 Å². The van der Waals surface area contributed by atoms with Crippen LogP contribution < -0.4 is 4.74 Å². The van der Waals surface area contributed by atoms with Gasteiger partial charge in [0.15, 0.2) is 0 Å². The minimum Gasteiger partial charge on any atom is -0.491 e. The molecule has 0 aliphatic heterocycles. The van der Waals surface area contributed by atoms with Crippen LogP contribution >= 0.6 is 0 Å². The van der Waals surface area contributed by atoms with Crippen molar-refractivity contribution in [3.8, 4) is 5.75 Å². The molecule has 1 unspecified atom stereocenters. The molecule has 0 amide bonds. The minimum atomic E-state index is -0.710. The first-order valence-corrected chi connectivity index (χ1v) is 7.84. The maximum absolute atomic E-state index is 12.9. The molecular formula is C17H24FN3O3. The lowest BCUT2D eigenvalue weighted by Crippen LogP contribution is -2.46. The number of rotatable bonds is 7. The highest BCUT2D eigenvalue weighted by Crippen LogP contribution is 2.18. The first-order chi connectivity index (χ1) is 11.2. The molecule has 2 aromatic rings. The Labute approximate surface area is 141 Å². The van der Waals surface area contributed by atoms with E-state index in [9.17, 15) is 9.50 Å². The Bertz CT molecular complexity index is 637. The second kappa shape index (κ2) is 7.72. The van der Waals surface area contributed by atoms with Crippen LogP contribution in [0.25, 0.3) is 0 Å². The molecule has 0 spiro atoms. The van der Waals surface area contributed by atoms with Crippen LogP contribution in [-0.4, -0.2) is 45.0 Å². The highest BCUT2D eigenvalue weighted by Gasteiger charge is 2.26. The number of hydrogen-bond acceptors (Lipinski definition) is 6. The molecule has 0 bridgehead atoms. The maximum Gasteiger partial charge on any atom is 0.230 e. The molecule has 0 aliphatic carbocycles. The molecule has 0 fully saturated rings. The van der Waals surface area contributed by atoms with Gasteiger partial charge in [-0.05, 0) is 45.0 Å². The summed E-state index contributed by atoms with van der Waals surface area (Å²) < 4.78 is 23.8. The smallest absolute Gasteiger partial charge is 0.230 e. The molecule has 7 heteroatoms. The van der Waals surface area contributed by atoms with Crippen LogP contribution in [0.4, 0.5) is 4.39 Å². The Kier molecular flexibility index (Phi) is 5.90. The second-order valence-corrected chi connectivity index (χ2v) is 6.68. The van der Waals surface area contributed by atoms with Crippen LogP contribution in [0.3, 0.4) is 0 Å². The molecule has 132 valence electrons. The lowest BCUT2D eigenvalue weighted by molar-refractivity contribution is 0.0240. The van der Waals surface area contributed by atoms with Crippen molar-refractivity contribution in [2.75, 3.05) is 13.2 Å². The summed E-state index contributed by atoms with van der Waals surface area (Å²) in [6, 6.07) is 5.71. The van der Waals surface area contributed by atoms with E-state index in [0.717, 1.165) is 0 Å². The maximum atomic E-state index is 12.9. The van der Waals surface area contributed by atoms with E-state index in [0.29, 0.717) is 30.6 Å². The molecule has 1 aromatic heterocycles. The van der Waals surface area contributed by atoms with E-state index in [-0.39, 0.29) is 18.0 Å². The van der Waals surface area contributed by atoms with Crippen molar-refractivity contribution in [1.29, 1.82) is 0 Å². The topological polar surface area (TPSA) is 71.6 Å². The van der Waals surface area contributed by atoms with Gasteiger partial charge >= 0.3 is 0 Å². The third kappa shape index (κ3) is 5.58. The van der Waals surface area contributed by atoms with Gasteiger partial charge in [0, 0.05) is 19.0 Å². The average Bonchev–Trinajstić information content (AvgIpc) is 2.90. The van der Waals surface area contributed by atoms with Crippen LogP contribution in [0.2, 0.25) is 0 Å². The number of ether oxygens (including phenoxy) is 1. The van der Waals surface area contributed by atoms with Crippen molar-refractivity contribution in [2.24, 2.45) is 0 Å². The van der Waals surface area contributed by atoms with Crippen LogP contribution in [0.1, 0.15) is 32.6 Å². The highest BCUT2D eigenvalue weighted by atomic mass is 19.1. The van der Waals surface area contributed by atoms with Crippen LogP contribution in [-0.2, 0) is 6.54 Å². The zero-order valence-electron chi connectivity index (χ0n) is 14.5. The van der Waals surface area contributed by atoms with E-state index < -0.39 is 6.10 Å². The normalized spacial score (nSPS) is 13.3. The largest absolute Gasteiger partial charge is 0.491 e. The van der Waals surface area contributed by atoms with Crippen molar-refractivity contribution in [1.82, 2.24) is 15.1 Å². The fourth-order valence-electron chi connectivity index (χ4n) is 2.17. The van der Waals surface area contributed by atoms with Crippen molar-refractivity contribution in [3.05, 3.63) is 41.9 Å². The fraction of sp³-hybridized carbons (Fsp3) is 0.529. The van der Waals surface area contributed by atoms with Gasteiger partial charge in [-0.25, -0.2) is 4.39 Å². The fourth-order valence-corrected chi connectivity index (χ4v) is 2.17. The molecule has 1 aromatic carbocycles. The minimum absolute atomic E-state index is 0.112. The predicted molar refractivity (Wildman–Crippen MR) is 87.1 cm³/mol. The Morgan fingerprint density at radius 2 is 1.92 bits per heavy atom. The van der Waals surface area contributed by atoms with Gasteiger partial charge in [0.25, 0.3) is 0 Å². The van der Waals surface area contributed by atoms with Gasteiger partial charge in [-0.2, -0.15) is 0 Å². The van der Waals surface area contributed by atoms with E-state index >= 15 is 0 Å². The molecule has 24 heavy (non-hydrogen) atoms. The van der Waals surface area contributed by atoms with Gasteiger partial charge in [-0.3, -0.25) is 4.90 Å². The quantitative estimate of drug-likeness (QED) is 0.837. The van der Waals surface area contributed by atoms with Crippen molar-refractivity contribution < 1.29 is 18.7 Å². The average molecular weight is 337 g/mol. The van der Waals surface area contributed by atoms with Crippen molar-refractivity contribution in [2.45, 2.75) is 45.9 Å². The number of benzene rings is 1. The monoisotopic (exact) mass is 337 g/mol. The Morgan fingerprint density at radius 3 is 2.46 bits per heavy atom. The molecular weight excluding hydrogens is 313 g/mol. The zero-order valence-corrected chi connectivity index (χ0v) is 14.5. The molecule has 6 nitrogen and oxygen atoms in total. The summed E-state index contributed by atoms with van der Waals surface area (Å²) in [7, 11) is 0. The van der Waals surface area contributed by atoms with Gasteiger partial charge in [0.1, 0.15) is 24.3 Å². The second-order valence-electron chi connectivity index (χ2n) is 6.68. The van der Waals surface area contributed by atoms with E-state index in [1.807, 2.05) is 25.7 Å². The Balaban J connectivity index is 1.91. The Morgan fingerprint density at radius 1 is 1.25 bits per heavy atom. The third-order valence-electron chi connectivity index (χ3n) is 3.53. The number of aryl methyl sites for hydroxylation is 1. The molecule has 0 radical (unpaired) electrons. The summed E-state index contributed by atoms with van der Waals surface area (Å²) in [6.45, 7) is 8.81. The summed E-state index contributed by atoms with van der Waals surface area (Å²) in [6.07, 6.45) is -0.710. The van der Waals surface area contributed by atoms with Gasteiger partial charge in [-0.15, -0.1) is 10.2 Å². The molecule has 1 N–H and O–H groups in total. The Hall–Kier alpha value is -1.99. The predicted octanol–water partition coefficient (Wildman–Crippen LogP) is 2.56. The van der Waals surface area contributed by atoms with Crippen LogP contribution in [0, 0.1) is 12.7 Å². The number of hydrogen-bond donors (Lipinski definition) is 1. The summed E-state index contributed by atoms with van der Waals surface area (Å²) in [5.74, 6) is 1.22. The zero-order chi connectivity index (χ0) is 17.7. The van der Waals surface area contributed by atoms with E-state index in [2.05, 4.69) is 10.2 Å². The van der Waals surface area contributed by atoms with Gasteiger partial charge in [0.2, 0.25) is 11.8 Å². The number of β-amino-alcohol motifs (C(OH)–C–C–N with tert-alkyl or cyclic N) is 1. The number of aliphatic hydroxyl groups excluding tert-OH is 1. The first kappa shape index (κ1) is 18.4.